The van der Waals surface area contributed by atoms with Crippen LogP contribution in [0.25, 0.3) is 0 Å². The van der Waals surface area contributed by atoms with Crippen LogP contribution in [0.1, 0.15) is 103 Å². The molecule has 1 aliphatic heterocycles. The fraction of sp³-hybridized carbons (Fsp3) is 0.690. The van der Waals surface area contributed by atoms with Crippen molar-refractivity contribution < 1.29 is 23.9 Å². The predicted molar refractivity (Wildman–Crippen MR) is 142 cm³/mol. The average molecular weight is 503 g/mol. The van der Waals surface area contributed by atoms with Gasteiger partial charge in [0.05, 0.1) is 13.0 Å². The number of ether oxygens (including phenoxy) is 2. The zero-order valence-electron chi connectivity index (χ0n) is 22.7. The molecule has 0 aliphatic carbocycles. The molecular formula is C29H46N2O5. The number of nitrogens with one attached hydrogen (secondary N) is 1. The molecule has 3 unspecified atom stereocenters. The van der Waals surface area contributed by atoms with E-state index in [0.717, 1.165) is 31.2 Å². The van der Waals surface area contributed by atoms with Gasteiger partial charge in [-0.1, -0.05) is 83.9 Å². The molecule has 7 nitrogen and oxygen atoms in total. The Kier molecular flexibility index (Phi) is 13.4. The van der Waals surface area contributed by atoms with Gasteiger partial charge in [-0.25, -0.2) is 0 Å². The lowest BCUT2D eigenvalue weighted by Gasteiger charge is -2.36. The van der Waals surface area contributed by atoms with Crippen LogP contribution in [0.5, 0.6) is 5.75 Å². The van der Waals surface area contributed by atoms with Crippen molar-refractivity contribution in [1.82, 2.24) is 10.2 Å². The Morgan fingerprint density at radius 2 is 1.69 bits per heavy atom. The minimum absolute atomic E-state index is 0.148. The van der Waals surface area contributed by atoms with Crippen molar-refractivity contribution in [3.05, 3.63) is 29.8 Å². The molecule has 0 aromatic heterocycles. The molecular weight excluding hydrogens is 456 g/mol. The van der Waals surface area contributed by atoms with E-state index in [1.165, 1.54) is 37.0 Å². The monoisotopic (exact) mass is 502 g/mol. The van der Waals surface area contributed by atoms with Crippen molar-refractivity contribution in [2.24, 2.45) is 0 Å². The summed E-state index contributed by atoms with van der Waals surface area (Å²) in [5, 5.41) is 2.77. The molecule has 0 spiro atoms. The Hall–Kier alpha value is -2.57. The molecule has 202 valence electrons. The highest BCUT2D eigenvalue weighted by Gasteiger charge is 2.37. The number of carbonyl (C=O) groups excluding carboxylic acids is 3. The van der Waals surface area contributed by atoms with Crippen molar-refractivity contribution >= 4 is 17.8 Å². The van der Waals surface area contributed by atoms with Crippen molar-refractivity contribution in [2.75, 3.05) is 19.7 Å². The second kappa shape index (κ2) is 16.2. The molecule has 36 heavy (non-hydrogen) atoms. The number of rotatable bonds is 16. The molecule has 1 saturated heterocycles. The molecule has 1 heterocycles. The van der Waals surface area contributed by atoms with Gasteiger partial charge in [0.1, 0.15) is 11.8 Å². The highest BCUT2D eigenvalue weighted by Crippen LogP contribution is 2.29. The second-order valence-corrected chi connectivity index (χ2v) is 9.85. The van der Waals surface area contributed by atoms with Gasteiger partial charge in [-0.05, 0) is 37.3 Å². The maximum Gasteiger partial charge on any atom is 0.308 e. The minimum atomic E-state index is -0.881. The minimum Gasteiger partial charge on any atom is -0.481 e. The van der Waals surface area contributed by atoms with Gasteiger partial charge in [0, 0.05) is 13.1 Å². The van der Waals surface area contributed by atoms with E-state index in [-0.39, 0.29) is 18.2 Å². The maximum atomic E-state index is 13.3. The van der Waals surface area contributed by atoms with Crippen LogP contribution < -0.4 is 10.1 Å². The first-order valence-electron chi connectivity index (χ1n) is 13.9. The zero-order chi connectivity index (χ0) is 26.3. The van der Waals surface area contributed by atoms with E-state index >= 15 is 0 Å². The first kappa shape index (κ1) is 29.7. The Morgan fingerprint density at radius 3 is 2.39 bits per heavy atom. The number of para-hydroxylation sites is 1. The van der Waals surface area contributed by atoms with E-state index in [2.05, 4.69) is 26.1 Å². The lowest BCUT2D eigenvalue weighted by molar-refractivity contribution is -0.154. The average Bonchev–Trinajstić information content (AvgIpc) is 2.88. The number of hydrogen-bond donors (Lipinski definition) is 1. The molecule has 0 saturated carbocycles. The number of amides is 2. The molecule has 1 aromatic carbocycles. The summed E-state index contributed by atoms with van der Waals surface area (Å²) in [6, 6.07) is 6.85. The van der Waals surface area contributed by atoms with Crippen LogP contribution >= 0.6 is 0 Å². The molecule has 1 aromatic rings. The second-order valence-electron chi connectivity index (χ2n) is 9.85. The Labute approximate surface area is 217 Å². The first-order chi connectivity index (χ1) is 17.4. The third kappa shape index (κ3) is 9.47. The summed E-state index contributed by atoms with van der Waals surface area (Å²) in [7, 11) is 0. The van der Waals surface area contributed by atoms with Gasteiger partial charge >= 0.3 is 5.97 Å². The zero-order valence-corrected chi connectivity index (χ0v) is 22.7. The fourth-order valence-electron chi connectivity index (χ4n) is 4.51. The van der Waals surface area contributed by atoms with Crippen LogP contribution in [0.4, 0.5) is 0 Å². The SMILES string of the molecule is CCCCCCCCCCOC(=O)CC1C(=O)NCCN1C(=O)C(C)Oc1ccccc1C(C)CC. The van der Waals surface area contributed by atoms with Gasteiger partial charge in [-0.3, -0.25) is 14.4 Å². The molecule has 2 amide bonds. The van der Waals surface area contributed by atoms with Gasteiger partial charge in [0.25, 0.3) is 5.91 Å². The largest absolute Gasteiger partial charge is 0.481 e. The highest BCUT2D eigenvalue weighted by molar-refractivity contribution is 5.93. The molecule has 1 N–H and O–H groups in total. The van der Waals surface area contributed by atoms with Crippen LogP contribution in [0.2, 0.25) is 0 Å². The van der Waals surface area contributed by atoms with Gasteiger partial charge in [-0.15, -0.1) is 0 Å². The Morgan fingerprint density at radius 1 is 1.03 bits per heavy atom. The number of hydrogen-bond acceptors (Lipinski definition) is 5. The first-order valence-corrected chi connectivity index (χ1v) is 13.9. The lowest BCUT2D eigenvalue weighted by atomic mass is 9.98. The maximum absolute atomic E-state index is 13.3. The molecule has 0 radical (unpaired) electrons. The Balaban J connectivity index is 1.86. The molecule has 0 bridgehead atoms. The van der Waals surface area contributed by atoms with Crippen LogP contribution in [0.3, 0.4) is 0 Å². The summed E-state index contributed by atoms with van der Waals surface area (Å²) in [6.45, 7) is 9.18. The summed E-state index contributed by atoms with van der Waals surface area (Å²) in [5.41, 5.74) is 1.05. The summed E-state index contributed by atoms with van der Waals surface area (Å²) in [4.78, 5) is 39.8. The third-order valence-electron chi connectivity index (χ3n) is 6.95. The van der Waals surface area contributed by atoms with Gasteiger partial charge in [0.2, 0.25) is 5.91 Å². The predicted octanol–water partition coefficient (Wildman–Crippen LogP) is 5.37. The lowest BCUT2D eigenvalue weighted by Crippen LogP contribution is -2.60. The van der Waals surface area contributed by atoms with Crippen molar-refractivity contribution in [3.8, 4) is 5.75 Å². The van der Waals surface area contributed by atoms with Gasteiger partial charge in [0.15, 0.2) is 6.10 Å². The standard InChI is InChI=1S/C29H46N2O5/c1-5-7-8-9-10-11-12-15-20-35-27(32)21-25-28(33)30-18-19-31(25)29(34)23(4)36-26-17-14-13-16-24(26)22(3)6-2/h13-14,16-17,22-23,25H,5-12,15,18-21H2,1-4H3,(H,30,33). The summed E-state index contributed by atoms with van der Waals surface area (Å²) in [5.74, 6) is -0.104. The number of carbonyl (C=O) groups is 3. The third-order valence-corrected chi connectivity index (χ3v) is 6.95. The van der Waals surface area contributed by atoms with Crippen LogP contribution in [-0.4, -0.2) is 54.5 Å². The molecule has 2 rings (SSSR count). The molecule has 3 atom stereocenters. The van der Waals surface area contributed by atoms with Crippen LogP contribution in [-0.2, 0) is 19.1 Å². The van der Waals surface area contributed by atoms with E-state index < -0.39 is 18.1 Å². The van der Waals surface area contributed by atoms with Crippen molar-refractivity contribution in [1.29, 1.82) is 0 Å². The summed E-state index contributed by atoms with van der Waals surface area (Å²) >= 11 is 0. The summed E-state index contributed by atoms with van der Waals surface area (Å²) in [6.07, 6.45) is 9.33. The number of unbranched alkanes of at least 4 members (excludes halogenated alkanes) is 7. The molecule has 7 heteroatoms. The number of benzene rings is 1. The van der Waals surface area contributed by atoms with Gasteiger partial charge in [-0.2, -0.15) is 0 Å². The van der Waals surface area contributed by atoms with E-state index in [9.17, 15) is 14.4 Å². The fourth-order valence-corrected chi connectivity index (χ4v) is 4.51. The molecule has 1 aliphatic rings. The number of nitrogens with zero attached hydrogens (tertiary/aromatic N) is 1. The van der Waals surface area contributed by atoms with E-state index in [4.69, 9.17) is 9.47 Å². The van der Waals surface area contributed by atoms with Crippen molar-refractivity contribution in [3.63, 3.8) is 0 Å². The van der Waals surface area contributed by atoms with E-state index in [1.54, 1.807) is 6.92 Å². The normalized spacial score (nSPS) is 17.3. The Bertz CT molecular complexity index is 828. The van der Waals surface area contributed by atoms with E-state index in [0.29, 0.717) is 31.4 Å². The summed E-state index contributed by atoms with van der Waals surface area (Å²) < 4.78 is 11.5. The number of piperazine rings is 1. The topological polar surface area (TPSA) is 84.9 Å². The van der Waals surface area contributed by atoms with Gasteiger partial charge < -0.3 is 19.7 Å². The van der Waals surface area contributed by atoms with E-state index in [1.807, 2.05) is 24.3 Å². The highest BCUT2D eigenvalue weighted by atomic mass is 16.5. The van der Waals surface area contributed by atoms with Crippen LogP contribution in [0, 0.1) is 0 Å². The molecule has 1 fully saturated rings. The van der Waals surface area contributed by atoms with Crippen LogP contribution in [0.15, 0.2) is 24.3 Å². The number of esters is 1. The smallest absolute Gasteiger partial charge is 0.308 e. The quantitative estimate of drug-likeness (QED) is 0.243. The van der Waals surface area contributed by atoms with Crippen molar-refractivity contribution in [2.45, 2.75) is 110 Å².